The Kier molecular flexibility index (Phi) is 7.62. The molecule has 3 N–H and O–H groups in total. The van der Waals surface area contributed by atoms with Crippen LogP contribution in [0.5, 0.6) is 0 Å². The molecule has 1 saturated carbocycles. The van der Waals surface area contributed by atoms with E-state index in [0.29, 0.717) is 19.7 Å². The van der Waals surface area contributed by atoms with Crippen molar-refractivity contribution in [2.45, 2.75) is 44.8 Å². The number of aliphatic carboxylic acids is 1. The molecule has 0 unspecified atom stereocenters. The van der Waals surface area contributed by atoms with Crippen molar-refractivity contribution >= 4 is 17.8 Å². The third kappa shape index (κ3) is 6.27. The highest BCUT2D eigenvalue weighted by molar-refractivity contribution is 6.19. The highest BCUT2D eigenvalue weighted by Crippen LogP contribution is 2.29. The Morgan fingerprint density at radius 1 is 1.16 bits per heavy atom. The molecule has 2 aliphatic rings. The Balaban J connectivity index is 1.46. The summed E-state index contributed by atoms with van der Waals surface area (Å²) in [5.41, 5.74) is 0.548. The molecule has 1 aliphatic heterocycles. The first kappa shape index (κ1) is 22.7. The molecule has 9 heteroatoms. The third-order valence-corrected chi connectivity index (χ3v) is 5.71. The van der Waals surface area contributed by atoms with Crippen LogP contribution in [0.4, 0.5) is 4.39 Å². The minimum Gasteiger partial charge on any atom is -0.511 e. The smallest absolute Gasteiger partial charge is 0.322 e. The lowest BCUT2D eigenvalue weighted by molar-refractivity contribution is -0.138. The fraction of sp³-hybridized carbons (Fsp3) is 0.500. The summed E-state index contributed by atoms with van der Waals surface area (Å²) in [5.74, 6) is -2.98. The van der Waals surface area contributed by atoms with Gasteiger partial charge in [-0.15, -0.1) is 0 Å². The van der Waals surface area contributed by atoms with Crippen LogP contribution in [0.25, 0.3) is 0 Å². The van der Waals surface area contributed by atoms with Crippen LogP contribution in [0, 0.1) is 11.7 Å². The van der Waals surface area contributed by atoms with Crippen LogP contribution < -0.4 is 5.32 Å². The summed E-state index contributed by atoms with van der Waals surface area (Å²) < 4.78 is 18.9. The molecule has 8 nitrogen and oxygen atoms in total. The molecule has 0 bridgehead atoms. The van der Waals surface area contributed by atoms with Crippen LogP contribution in [-0.2, 0) is 25.7 Å². The van der Waals surface area contributed by atoms with Gasteiger partial charge in [0.15, 0.2) is 0 Å². The topological polar surface area (TPSA) is 116 Å². The first-order chi connectivity index (χ1) is 14.8. The Bertz CT molecular complexity index is 846. The molecule has 1 heterocycles. The molecule has 1 aromatic carbocycles. The maximum Gasteiger partial charge on any atom is 0.322 e. The Morgan fingerprint density at radius 2 is 1.84 bits per heavy atom. The summed E-state index contributed by atoms with van der Waals surface area (Å²) in [6.07, 6.45) is 3.71. The molecule has 2 amide bonds. The number of hydrogen-bond donors (Lipinski definition) is 3. The van der Waals surface area contributed by atoms with Gasteiger partial charge in [-0.25, -0.2) is 4.39 Å². The lowest BCUT2D eigenvalue weighted by atomic mass is 9.86. The van der Waals surface area contributed by atoms with Gasteiger partial charge in [-0.05, 0) is 49.3 Å². The van der Waals surface area contributed by atoms with Gasteiger partial charge in [0.05, 0.1) is 12.7 Å². The molecule has 1 aromatic rings. The van der Waals surface area contributed by atoms with E-state index in [1.807, 2.05) is 0 Å². The summed E-state index contributed by atoms with van der Waals surface area (Å²) in [5, 5.41) is 20.8. The van der Waals surface area contributed by atoms with Crippen LogP contribution in [0.1, 0.15) is 37.7 Å². The van der Waals surface area contributed by atoms with E-state index in [1.165, 1.54) is 12.1 Å². The average Bonchev–Trinajstić information content (AvgIpc) is 2.75. The fourth-order valence-electron chi connectivity index (χ4n) is 3.98. The van der Waals surface area contributed by atoms with Gasteiger partial charge in [-0.3, -0.25) is 14.4 Å². The molecular weight excluding hydrogens is 407 g/mol. The number of carbonyl (C=O) groups excluding carboxylic acids is 2. The van der Waals surface area contributed by atoms with Crippen molar-refractivity contribution in [3.8, 4) is 0 Å². The molecular formula is C22H27FN2O6. The number of nitrogens with zero attached hydrogens (tertiary/aromatic N) is 1. The molecule has 1 aliphatic carbocycles. The average molecular weight is 434 g/mol. The van der Waals surface area contributed by atoms with Crippen molar-refractivity contribution in [2.75, 3.05) is 19.6 Å². The van der Waals surface area contributed by atoms with Gasteiger partial charge in [0.2, 0.25) is 0 Å². The molecule has 1 fully saturated rings. The van der Waals surface area contributed by atoms with Gasteiger partial charge in [0.1, 0.15) is 23.7 Å². The molecule has 0 atom stereocenters. The predicted molar refractivity (Wildman–Crippen MR) is 108 cm³/mol. The standard InChI is InChI=1S/C22H27FN2O6/c23-16-5-1-15(2-6-16)13-31-17-7-3-14(4-8-17)12-25-10-9-18(26)20(22(25)30)21(29)24-11-19(27)28/h1-2,5-6,14,17,26H,3-4,7-13H2,(H,24,29)(H,27,28). The lowest BCUT2D eigenvalue weighted by Gasteiger charge is -2.34. The number of carboxylic acids is 1. The summed E-state index contributed by atoms with van der Waals surface area (Å²) in [7, 11) is 0. The normalized spacial score (nSPS) is 21.8. The van der Waals surface area contributed by atoms with E-state index in [9.17, 15) is 23.9 Å². The summed E-state index contributed by atoms with van der Waals surface area (Å²) >= 11 is 0. The number of rotatable bonds is 8. The minimum absolute atomic E-state index is 0.111. The van der Waals surface area contributed by atoms with Crippen molar-refractivity contribution in [1.82, 2.24) is 10.2 Å². The van der Waals surface area contributed by atoms with Crippen LogP contribution >= 0.6 is 0 Å². The van der Waals surface area contributed by atoms with E-state index in [1.54, 1.807) is 17.0 Å². The maximum absolute atomic E-state index is 13.0. The number of carboxylic acid groups (broad SMARTS) is 1. The molecule has 31 heavy (non-hydrogen) atoms. The van der Waals surface area contributed by atoms with Gasteiger partial charge >= 0.3 is 5.97 Å². The molecule has 0 radical (unpaired) electrons. The van der Waals surface area contributed by atoms with Crippen molar-refractivity contribution < 1.29 is 33.7 Å². The van der Waals surface area contributed by atoms with E-state index in [2.05, 4.69) is 5.32 Å². The second kappa shape index (κ2) is 10.4. The highest BCUT2D eigenvalue weighted by Gasteiger charge is 2.34. The number of ether oxygens (including phenoxy) is 1. The zero-order valence-electron chi connectivity index (χ0n) is 17.2. The van der Waals surface area contributed by atoms with Crippen molar-refractivity contribution in [3.05, 3.63) is 47.0 Å². The summed E-state index contributed by atoms with van der Waals surface area (Å²) in [6, 6.07) is 6.23. The number of nitrogens with one attached hydrogen (secondary N) is 1. The number of aliphatic hydroxyl groups is 1. The largest absolute Gasteiger partial charge is 0.511 e. The third-order valence-electron chi connectivity index (χ3n) is 5.71. The number of amides is 2. The van der Waals surface area contributed by atoms with Gasteiger partial charge < -0.3 is 25.2 Å². The second-order valence-corrected chi connectivity index (χ2v) is 7.98. The first-order valence-electron chi connectivity index (χ1n) is 10.4. The lowest BCUT2D eigenvalue weighted by Crippen LogP contribution is -2.45. The second-order valence-electron chi connectivity index (χ2n) is 7.98. The first-order valence-corrected chi connectivity index (χ1v) is 10.4. The van der Waals surface area contributed by atoms with Crippen molar-refractivity contribution in [1.29, 1.82) is 0 Å². The van der Waals surface area contributed by atoms with Crippen LogP contribution in [0.3, 0.4) is 0 Å². The SMILES string of the molecule is O=C(O)CNC(=O)C1=C(O)CCN(CC2CCC(OCc3ccc(F)cc3)CC2)C1=O. The zero-order valence-corrected chi connectivity index (χ0v) is 17.2. The quantitative estimate of drug-likeness (QED) is 0.540. The Hall–Kier alpha value is -2.94. The van der Waals surface area contributed by atoms with Crippen LogP contribution in [0.15, 0.2) is 35.6 Å². The number of hydrogen-bond acceptors (Lipinski definition) is 5. The maximum atomic E-state index is 13.0. The summed E-state index contributed by atoms with van der Waals surface area (Å²) in [4.78, 5) is 37.0. The van der Waals surface area contributed by atoms with Gasteiger partial charge in [-0.2, -0.15) is 0 Å². The van der Waals surface area contributed by atoms with Gasteiger partial charge in [0, 0.05) is 19.5 Å². The van der Waals surface area contributed by atoms with E-state index in [4.69, 9.17) is 9.84 Å². The highest BCUT2D eigenvalue weighted by atomic mass is 19.1. The molecule has 3 rings (SSSR count). The van der Waals surface area contributed by atoms with E-state index >= 15 is 0 Å². The number of halogens is 1. The van der Waals surface area contributed by atoms with Gasteiger partial charge in [0.25, 0.3) is 11.8 Å². The number of aliphatic hydroxyl groups excluding tert-OH is 1. The Morgan fingerprint density at radius 3 is 2.48 bits per heavy atom. The van der Waals surface area contributed by atoms with E-state index in [-0.39, 0.29) is 35.6 Å². The Labute approximate surface area is 179 Å². The van der Waals surface area contributed by atoms with Gasteiger partial charge in [-0.1, -0.05) is 12.1 Å². The molecule has 0 saturated heterocycles. The zero-order chi connectivity index (χ0) is 22.4. The van der Waals surface area contributed by atoms with E-state index in [0.717, 1.165) is 31.2 Å². The summed E-state index contributed by atoms with van der Waals surface area (Å²) in [6.45, 7) is 0.609. The minimum atomic E-state index is -1.23. The molecule has 0 aromatic heterocycles. The number of carbonyl (C=O) groups is 3. The fourth-order valence-corrected chi connectivity index (χ4v) is 3.98. The molecule has 0 spiro atoms. The predicted octanol–water partition coefficient (Wildman–Crippen LogP) is 2.15. The number of benzene rings is 1. The van der Waals surface area contributed by atoms with Crippen molar-refractivity contribution in [2.24, 2.45) is 5.92 Å². The molecule has 168 valence electrons. The monoisotopic (exact) mass is 434 g/mol. The van der Waals surface area contributed by atoms with E-state index < -0.39 is 24.3 Å². The van der Waals surface area contributed by atoms with Crippen LogP contribution in [-0.4, -0.2) is 58.6 Å². The van der Waals surface area contributed by atoms with Crippen molar-refractivity contribution in [3.63, 3.8) is 0 Å². The van der Waals surface area contributed by atoms with Crippen LogP contribution in [0.2, 0.25) is 0 Å².